The Morgan fingerprint density at radius 2 is 1.50 bits per heavy atom. The van der Waals surface area contributed by atoms with E-state index in [4.69, 9.17) is 11.7 Å². The maximum absolute atomic E-state index is 10.4. The van der Waals surface area contributed by atoms with E-state index in [0.717, 1.165) is 36.8 Å². The van der Waals surface area contributed by atoms with Crippen LogP contribution in [0.25, 0.3) is 16.0 Å². The Kier molecular flexibility index (Phi) is 5.73. The first-order valence-corrected chi connectivity index (χ1v) is 7.47. The molecule has 0 aliphatic carbocycles. The van der Waals surface area contributed by atoms with E-state index >= 15 is 0 Å². The molecule has 2 aromatic rings. The van der Waals surface area contributed by atoms with Crippen molar-refractivity contribution in [3.63, 3.8) is 0 Å². The zero-order valence-electron chi connectivity index (χ0n) is 12.5. The average Bonchev–Trinajstić information content (AvgIpc) is 2.55. The van der Waals surface area contributed by atoms with Gasteiger partial charge in [-0.3, -0.25) is 4.79 Å². The molecule has 0 aliphatic rings. The number of aryl methyl sites for hydroxylation is 1. The molecular formula is C19H19NO2. The second-order valence-electron chi connectivity index (χ2n) is 5.31. The molecule has 0 atom stereocenters. The van der Waals surface area contributed by atoms with Crippen LogP contribution in [-0.2, 0) is 11.2 Å². The van der Waals surface area contributed by atoms with E-state index in [2.05, 4.69) is 29.1 Å². The van der Waals surface area contributed by atoms with Gasteiger partial charge in [0.25, 0.3) is 0 Å². The van der Waals surface area contributed by atoms with Gasteiger partial charge in [0.05, 0.1) is 6.57 Å². The van der Waals surface area contributed by atoms with Crippen molar-refractivity contribution >= 4 is 11.7 Å². The van der Waals surface area contributed by atoms with Gasteiger partial charge in [0.1, 0.15) is 0 Å². The number of carboxylic acid groups (broad SMARTS) is 1. The van der Waals surface area contributed by atoms with Crippen LogP contribution in [0, 0.1) is 6.57 Å². The van der Waals surface area contributed by atoms with Crippen LogP contribution in [0.5, 0.6) is 0 Å². The minimum atomic E-state index is -0.714. The summed E-state index contributed by atoms with van der Waals surface area (Å²) in [5.41, 5.74) is 4.19. The molecule has 0 spiro atoms. The van der Waals surface area contributed by atoms with Crippen LogP contribution in [-0.4, -0.2) is 11.1 Å². The van der Waals surface area contributed by atoms with Crippen LogP contribution >= 0.6 is 0 Å². The molecule has 0 bridgehead atoms. The standard InChI is InChI=1S/C19H19NO2/c1-20-18-13-11-17(12-14-18)16-9-7-15(8-10-16)5-3-2-4-6-19(21)22/h7-14H,2-6H2,(H,21,22). The molecule has 0 saturated heterocycles. The molecule has 0 amide bonds. The smallest absolute Gasteiger partial charge is 0.303 e. The van der Waals surface area contributed by atoms with Gasteiger partial charge in [-0.2, -0.15) is 0 Å². The lowest BCUT2D eigenvalue weighted by Crippen LogP contribution is -1.94. The van der Waals surface area contributed by atoms with Crippen molar-refractivity contribution in [1.82, 2.24) is 0 Å². The summed E-state index contributed by atoms with van der Waals surface area (Å²) in [6, 6.07) is 16.0. The van der Waals surface area contributed by atoms with Crippen LogP contribution in [0.1, 0.15) is 31.2 Å². The molecule has 22 heavy (non-hydrogen) atoms. The van der Waals surface area contributed by atoms with Crippen LogP contribution in [0.15, 0.2) is 48.5 Å². The first-order chi connectivity index (χ1) is 10.7. The molecule has 0 heterocycles. The van der Waals surface area contributed by atoms with E-state index in [1.807, 2.05) is 24.3 Å². The molecule has 0 saturated carbocycles. The van der Waals surface area contributed by atoms with Crippen molar-refractivity contribution in [3.05, 3.63) is 65.5 Å². The van der Waals surface area contributed by atoms with Gasteiger partial charge < -0.3 is 5.11 Å². The van der Waals surface area contributed by atoms with Gasteiger partial charge in [-0.25, -0.2) is 4.85 Å². The molecule has 1 N–H and O–H groups in total. The molecule has 3 heteroatoms. The number of unbranched alkanes of at least 4 members (excludes halogenated alkanes) is 2. The first kappa shape index (κ1) is 15.8. The summed E-state index contributed by atoms with van der Waals surface area (Å²) in [6.45, 7) is 6.96. The lowest BCUT2D eigenvalue weighted by Gasteiger charge is -2.05. The molecule has 0 aliphatic heterocycles. The second kappa shape index (κ2) is 7.99. The molecule has 112 valence electrons. The minimum absolute atomic E-state index is 0.263. The van der Waals surface area contributed by atoms with Gasteiger partial charge in [-0.1, -0.05) is 55.0 Å². The first-order valence-electron chi connectivity index (χ1n) is 7.47. The summed E-state index contributed by atoms with van der Waals surface area (Å²) in [4.78, 5) is 13.8. The van der Waals surface area contributed by atoms with Gasteiger partial charge in [-0.05, 0) is 36.0 Å². The average molecular weight is 293 g/mol. The van der Waals surface area contributed by atoms with Crippen LogP contribution < -0.4 is 0 Å². The normalized spacial score (nSPS) is 10.1. The number of carbonyl (C=O) groups is 1. The zero-order chi connectivity index (χ0) is 15.8. The molecule has 3 nitrogen and oxygen atoms in total. The highest BCUT2D eigenvalue weighted by atomic mass is 16.4. The number of benzene rings is 2. The van der Waals surface area contributed by atoms with Crippen molar-refractivity contribution in [1.29, 1.82) is 0 Å². The number of hydrogen-bond acceptors (Lipinski definition) is 1. The number of nitrogens with zero attached hydrogens (tertiary/aromatic N) is 1. The summed E-state index contributed by atoms with van der Waals surface area (Å²) < 4.78 is 0. The second-order valence-corrected chi connectivity index (χ2v) is 5.31. The Balaban J connectivity index is 1.87. The third-order valence-corrected chi connectivity index (χ3v) is 3.64. The third-order valence-electron chi connectivity index (χ3n) is 3.64. The Morgan fingerprint density at radius 1 is 0.909 bits per heavy atom. The monoisotopic (exact) mass is 293 g/mol. The molecule has 0 unspecified atom stereocenters. The van der Waals surface area contributed by atoms with E-state index < -0.39 is 5.97 Å². The predicted molar refractivity (Wildman–Crippen MR) is 87.9 cm³/mol. The van der Waals surface area contributed by atoms with Crippen LogP contribution in [0.4, 0.5) is 5.69 Å². The maximum Gasteiger partial charge on any atom is 0.303 e. The highest BCUT2D eigenvalue weighted by Gasteiger charge is 2.00. The van der Waals surface area contributed by atoms with E-state index in [9.17, 15) is 4.79 Å². The molecule has 2 aromatic carbocycles. The van der Waals surface area contributed by atoms with Gasteiger partial charge in [0.15, 0.2) is 5.69 Å². The predicted octanol–water partition coefficient (Wildman–Crippen LogP) is 5.09. The highest BCUT2D eigenvalue weighted by Crippen LogP contribution is 2.23. The SMILES string of the molecule is [C-]#[N+]c1ccc(-c2ccc(CCCCCC(=O)O)cc2)cc1. The van der Waals surface area contributed by atoms with Crippen LogP contribution in [0.3, 0.4) is 0 Å². The Bertz CT molecular complexity index is 651. The topological polar surface area (TPSA) is 41.7 Å². The summed E-state index contributed by atoms with van der Waals surface area (Å²) in [7, 11) is 0. The van der Waals surface area contributed by atoms with Crippen molar-refractivity contribution in [2.45, 2.75) is 32.1 Å². The summed E-state index contributed by atoms with van der Waals surface area (Å²) in [5.74, 6) is -0.714. The summed E-state index contributed by atoms with van der Waals surface area (Å²) in [5, 5.41) is 8.59. The van der Waals surface area contributed by atoms with E-state index in [1.165, 1.54) is 5.56 Å². The Hall–Kier alpha value is -2.60. The van der Waals surface area contributed by atoms with Gasteiger partial charge >= 0.3 is 5.97 Å². The zero-order valence-corrected chi connectivity index (χ0v) is 12.5. The largest absolute Gasteiger partial charge is 0.481 e. The summed E-state index contributed by atoms with van der Waals surface area (Å²) in [6.07, 6.45) is 3.97. The van der Waals surface area contributed by atoms with Crippen molar-refractivity contribution in [2.75, 3.05) is 0 Å². The molecule has 0 aromatic heterocycles. The van der Waals surface area contributed by atoms with E-state index in [0.29, 0.717) is 5.69 Å². The lowest BCUT2D eigenvalue weighted by atomic mass is 10.0. The summed E-state index contributed by atoms with van der Waals surface area (Å²) >= 11 is 0. The number of aliphatic carboxylic acids is 1. The van der Waals surface area contributed by atoms with Gasteiger partial charge in [0.2, 0.25) is 0 Å². The Morgan fingerprint density at radius 3 is 2.05 bits per heavy atom. The van der Waals surface area contributed by atoms with Gasteiger partial charge in [-0.15, -0.1) is 0 Å². The van der Waals surface area contributed by atoms with Crippen molar-refractivity contribution in [2.24, 2.45) is 0 Å². The van der Waals surface area contributed by atoms with E-state index in [1.54, 1.807) is 0 Å². The van der Waals surface area contributed by atoms with Crippen molar-refractivity contribution < 1.29 is 9.90 Å². The van der Waals surface area contributed by atoms with Crippen molar-refractivity contribution in [3.8, 4) is 11.1 Å². The molecular weight excluding hydrogens is 274 g/mol. The minimum Gasteiger partial charge on any atom is -0.481 e. The quantitative estimate of drug-likeness (QED) is 0.570. The van der Waals surface area contributed by atoms with Crippen LogP contribution in [0.2, 0.25) is 0 Å². The fourth-order valence-electron chi connectivity index (χ4n) is 2.37. The van der Waals surface area contributed by atoms with E-state index in [-0.39, 0.29) is 6.42 Å². The van der Waals surface area contributed by atoms with Gasteiger partial charge in [0, 0.05) is 6.42 Å². The lowest BCUT2D eigenvalue weighted by molar-refractivity contribution is -0.137. The molecule has 0 fully saturated rings. The third kappa shape index (κ3) is 4.75. The molecule has 2 rings (SSSR count). The number of hydrogen-bond donors (Lipinski definition) is 1. The maximum atomic E-state index is 10.4. The highest BCUT2D eigenvalue weighted by molar-refractivity contribution is 5.67. The number of rotatable bonds is 7. The fourth-order valence-corrected chi connectivity index (χ4v) is 2.37. The number of carboxylic acids is 1. The fraction of sp³-hybridized carbons (Fsp3) is 0.263. The molecule has 0 radical (unpaired) electrons. The Labute approximate surface area is 131 Å².